The Labute approximate surface area is 165 Å². The molecule has 1 aliphatic heterocycles. The Bertz CT molecular complexity index is 948. The number of pyridine rings is 1. The second-order valence-electron chi connectivity index (χ2n) is 7.32. The average molecular weight is 377 g/mol. The first-order chi connectivity index (χ1) is 13.0. The highest BCUT2D eigenvalue weighted by Crippen LogP contribution is 2.41. The third-order valence-electron chi connectivity index (χ3n) is 5.05. The quantitative estimate of drug-likeness (QED) is 0.653. The van der Waals surface area contributed by atoms with E-state index in [1.54, 1.807) is 0 Å². The molecule has 1 N–H and O–H groups in total. The molecule has 2 atom stereocenters. The lowest BCUT2D eigenvalue weighted by Crippen LogP contribution is -2.29. The molecule has 0 spiro atoms. The molecule has 1 saturated heterocycles. The molecule has 2 aromatic heterocycles. The number of nitrogens with zero attached hydrogens (tertiary/aromatic N) is 3. The van der Waals surface area contributed by atoms with Gasteiger partial charge in [-0.15, -0.1) is 0 Å². The van der Waals surface area contributed by atoms with Crippen molar-refractivity contribution in [3.8, 4) is 0 Å². The number of rotatable bonds is 4. The van der Waals surface area contributed by atoms with Crippen molar-refractivity contribution in [3.05, 3.63) is 83.9 Å². The Morgan fingerprint density at radius 1 is 1.11 bits per heavy atom. The van der Waals surface area contributed by atoms with Gasteiger partial charge in [-0.3, -0.25) is 4.98 Å². The minimum Gasteiger partial charge on any atom is -0.351 e. The van der Waals surface area contributed by atoms with Gasteiger partial charge >= 0.3 is 0 Å². The van der Waals surface area contributed by atoms with Gasteiger partial charge in [-0.25, -0.2) is 0 Å². The number of benzene rings is 1. The van der Waals surface area contributed by atoms with Crippen molar-refractivity contribution in [3.63, 3.8) is 0 Å². The van der Waals surface area contributed by atoms with Crippen LogP contribution in [0.3, 0.4) is 0 Å². The number of anilines is 1. The van der Waals surface area contributed by atoms with Gasteiger partial charge in [0.1, 0.15) is 0 Å². The van der Waals surface area contributed by atoms with Crippen molar-refractivity contribution in [2.75, 3.05) is 4.90 Å². The van der Waals surface area contributed by atoms with Crippen LogP contribution in [0.2, 0.25) is 0 Å². The molecular weight excluding hydrogens is 352 g/mol. The molecule has 0 unspecified atom stereocenters. The molecule has 0 amide bonds. The van der Waals surface area contributed by atoms with Gasteiger partial charge in [0.05, 0.1) is 17.8 Å². The Balaban J connectivity index is 1.82. The topological polar surface area (TPSA) is 33.1 Å². The van der Waals surface area contributed by atoms with Crippen molar-refractivity contribution >= 4 is 23.0 Å². The van der Waals surface area contributed by atoms with E-state index in [-0.39, 0.29) is 12.1 Å². The van der Waals surface area contributed by atoms with Crippen molar-refractivity contribution in [2.45, 2.75) is 38.9 Å². The molecule has 0 aliphatic carbocycles. The predicted octanol–water partition coefficient (Wildman–Crippen LogP) is 4.95. The lowest BCUT2D eigenvalue weighted by Gasteiger charge is -2.27. The molecule has 3 heterocycles. The number of nitrogens with one attached hydrogen (secondary N) is 1. The summed E-state index contributed by atoms with van der Waals surface area (Å²) in [6.45, 7) is 6.49. The molecule has 4 nitrogen and oxygen atoms in total. The van der Waals surface area contributed by atoms with E-state index in [9.17, 15) is 0 Å². The molecule has 138 valence electrons. The van der Waals surface area contributed by atoms with E-state index in [1.165, 1.54) is 11.1 Å². The maximum Gasteiger partial charge on any atom is 0.174 e. The first-order valence-electron chi connectivity index (χ1n) is 9.29. The van der Waals surface area contributed by atoms with Crippen LogP contribution in [-0.2, 0) is 0 Å². The Kier molecular flexibility index (Phi) is 4.70. The molecule has 1 fully saturated rings. The van der Waals surface area contributed by atoms with Crippen molar-refractivity contribution in [1.29, 1.82) is 0 Å². The normalized spacial score (nSPS) is 19.6. The zero-order valence-electron chi connectivity index (χ0n) is 15.8. The van der Waals surface area contributed by atoms with Crippen LogP contribution in [0.4, 0.5) is 5.69 Å². The second-order valence-corrected chi connectivity index (χ2v) is 7.71. The molecule has 0 radical (unpaired) electrons. The summed E-state index contributed by atoms with van der Waals surface area (Å²) in [5.74, 6) is 0. The first-order valence-corrected chi connectivity index (χ1v) is 9.70. The van der Waals surface area contributed by atoms with Crippen molar-refractivity contribution in [1.82, 2.24) is 14.9 Å². The van der Waals surface area contributed by atoms with Gasteiger partial charge in [0.15, 0.2) is 5.11 Å². The Morgan fingerprint density at radius 3 is 2.63 bits per heavy atom. The number of hydrogen-bond donors (Lipinski definition) is 1. The fourth-order valence-electron chi connectivity index (χ4n) is 3.68. The van der Waals surface area contributed by atoms with Gasteiger partial charge in [-0.05, 0) is 74.4 Å². The minimum absolute atomic E-state index is 0.00206. The third-order valence-corrected chi connectivity index (χ3v) is 5.37. The summed E-state index contributed by atoms with van der Waals surface area (Å²) in [6.07, 6.45) is 6.21. The van der Waals surface area contributed by atoms with Crippen molar-refractivity contribution in [2.24, 2.45) is 0 Å². The SMILES string of the molecule is Cc1cccc(N2C(=S)N[C@H](c3ccccn3)[C@H]2c2ccn(C(C)C)c2)c1. The van der Waals surface area contributed by atoms with Crippen LogP contribution in [0.1, 0.15) is 48.8 Å². The van der Waals surface area contributed by atoms with E-state index in [1.807, 2.05) is 18.3 Å². The van der Waals surface area contributed by atoms with Crippen LogP contribution in [0.25, 0.3) is 0 Å². The molecule has 5 heteroatoms. The van der Waals surface area contributed by atoms with Crippen LogP contribution < -0.4 is 10.2 Å². The zero-order chi connectivity index (χ0) is 19.0. The number of aromatic nitrogens is 2. The fourth-order valence-corrected chi connectivity index (χ4v) is 4.02. The van der Waals surface area contributed by atoms with E-state index in [0.717, 1.165) is 16.5 Å². The summed E-state index contributed by atoms with van der Waals surface area (Å²) in [7, 11) is 0. The van der Waals surface area contributed by atoms with E-state index in [4.69, 9.17) is 12.2 Å². The number of aryl methyl sites for hydroxylation is 1. The summed E-state index contributed by atoms with van der Waals surface area (Å²) in [4.78, 5) is 6.83. The van der Waals surface area contributed by atoms with Crippen LogP contribution in [0.5, 0.6) is 0 Å². The highest BCUT2D eigenvalue weighted by Gasteiger charge is 2.41. The molecule has 1 aromatic carbocycles. The van der Waals surface area contributed by atoms with E-state index < -0.39 is 0 Å². The first kappa shape index (κ1) is 17.7. The maximum atomic E-state index is 5.76. The molecule has 0 saturated carbocycles. The lowest BCUT2D eigenvalue weighted by molar-refractivity contribution is 0.560. The molecule has 4 rings (SSSR count). The van der Waals surface area contributed by atoms with Gasteiger partial charge in [0.2, 0.25) is 0 Å². The van der Waals surface area contributed by atoms with E-state index in [2.05, 4.69) is 89.3 Å². The maximum absolute atomic E-state index is 5.76. The molecular formula is C22H24N4S. The largest absolute Gasteiger partial charge is 0.351 e. The molecule has 0 bridgehead atoms. The average Bonchev–Trinajstić information content (AvgIpc) is 3.27. The predicted molar refractivity (Wildman–Crippen MR) is 114 cm³/mol. The van der Waals surface area contributed by atoms with Gasteiger partial charge in [0.25, 0.3) is 0 Å². The van der Waals surface area contributed by atoms with Crippen LogP contribution >= 0.6 is 12.2 Å². The summed E-state index contributed by atoms with van der Waals surface area (Å²) in [5, 5.41) is 4.25. The summed E-state index contributed by atoms with van der Waals surface area (Å²) in [6, 6.07) is 17.2. The van der Waals surface area contributed by atoms with Crippen molar-refractivity contribution < 1.29 is 0 Å². The lowest BCUT2D eigenvalue weighted by atomic mass is 9.98. The van der Waals surface area contributed by atoms with Gasteiger partial charge in [0, 0.05) is 30.3 Å². The minimum atomic E-state index is 0.00206. The molecule has 27 heavy (non-hydrogen) atoms. The van der Waals surface area contributed by atoms with E-state index >= 15 is 0 Å². The van der Waals surface area contributed by atoms with Crippen LogP contribution in [-0.4, -0.2) is 14.7 Å². The third kappa shape index (κ3) is 3.35. The fraction of sp³-hybridized carbons (Fsp3) is 0.273. The zero-order valence-corrected chi connectivity index (χ0v) is 16.6. The number of hydrogen-bond acceptors (Lipinski definition) is 2. The molecule has 3 aromatic rings. The standard InChI is InChI=1S/C22H24N4S/c1-15(2)25-12-10-17(14-25)21-20(19-9-4-5-11-23-19)24-22(27)26(21)18-8-6-7-16(3)13-18/h4-15,20-21H,1-3H3,(H,24,27)/t20-,21-/m1/s1. The Hall–Kier alpha value is -2.66. The summed E-state index contributed by atoms with van der Waals surface area (Å²) in [5.41, 5.74) is 4.55. The number of thiocarbonyl (C=S) groups is 1. The van der Waals surface area contributed by atoms with Gasteiger partial charge < -0.3 is 14.8 Å². The Morgan fingerprint density at radius 2 is 1.96 bits per heavy atom. The smallest absolute Gasteiger partial charge is 0.174 e. The van der Waals surface area contributed by atoms with Crippen LogP contribution in [0, 0.1) is 6.92 Å². The summed E-state index contributed by atoms with van der Waals surface area (Å²) < 4.78 is 2.24. The monoisotopic (exact) mass is 376 g/mol. The summed E-state index contributed by atoms with van der Waals surface area (Å²) >= 11 is 5.76. The highest BCUT2D eigenvalue weighted by molar-refractivity contribution is 7.80. The van der Waals surface area contributed by atoms with Gasteiger partial charge in [-0.1, -0.05) is 18.2 Å². The molecule has 1 aliphatic rings. The van der Waals surface area contributed by atoms with E-state index in [0.29, 0.717) is 6.04 Å². The van der Waals surface area contributed by atoms with Crippen LogP contribution in [0.15, 0.2) is 67.1 Å². The highest BCUT2D eigenvalue weighted by atomic mass is 32.1. The second kappa shape index (κ2) is 7.16. The van der Waals surface area contributed by atoms with Gasteiger partial charge in [-0.2, -0.15) is 0 Å².